The van der Waals surface area contributed by atoms with E-state index in [2.05, 4.69) is 68.5 Å². The molecule has 0 saturated carbocycles. The number of urea groups is 1. The fraction of sp³-hybridized carbons (Fsp3) is 0.585. The second-order valence-electron chi connectivity index (χ2n) is 15.9. The van der Waals surface area contributed by atoms with Crippen molar-refractivity contribution in [2.24, 2.45) is 16.6 Å². The third-order valence-corrected chi connectivity index (χ3v) is 12.0. The molecule has 1 aromatic carbocycles. The van der Waals surface area contributed by atoms with E-state index in [1.807, 2.05) is 11.8 Å². The van der Waals surface area contributed by atoms with E-state index in [1.165, 1.54) is 24.3 Å². The van der Waals surface area contributed by atoms with Crippen molar-refractivity contribution in [2.75, 3.05) is 58.1 Å². The van der Waals surface area contributed by atoms with Crippen molar-refractivity contribution in [3.63, 3.8) is 0 Å². The monoisotopic (exact) mass is 986 g/mol. The molecule has 378 valence electrons. The Labute approximate surface area is 401 Å². The Balaban J connectivity index is 1.52. The Morgan fingerprint density at radius 2 is 1.25 bits per heavy atom. The van der Waals surface area contributed by atoms with Gasteiger partial charge in [-0.1, -0.05) is 23.7 Å². The summed E-state index contributed by atoms with van der Waals surface area (Å²) in [7, 11) is 0. The van der Waals surface area contributed by atoms with Gasteiger partial charge in [0.1, 0.15) is 12.1 Å². The minimum absolute atomic E-state index is 0.00987. The van der Waals surface area contributed by atoms with Crippen LogP contribution in [0.3, 0.4) is 0 Å². The number of rotatable bonds is 32. The first-order valence-corrected chi connectivity index (χ1v) is 23.4. The first-order valence-electron chi connectivity index (χ1n) is 22.4. The van der Waals surface area contributed by atoms with Gasteiger partial charge in [-0.15, -0.1) is 0 Å². The molecule has 2 aliphatic rings. The summed E-state index contributed by atoms with van der Waals surface area (Å²) >= 11 is 1.81. The molecule has 27 nitrogen and oxygen atoms in total. The molecule has 69 heavy (non-hydrogen) atoms. The molecule has 1 aromatic rings. The summed E-state index contributed by atoms with van der Waals surface area (Å²) in [6, 6.07) is 3.54. The van der Waals surface area contributed by atoms with E-state index >= 15 is 0 Å². The third kappa shape index (κ3) is 22.4. The van der Waals surface area contributed by atoms with E-state index in [-0.39, 0.29) is 56.4 Å². The van der Waals surface area contributed by atoms with Gasteiger partial charge < -0.3 is 70.0 Å². The van der Waals surface area contributed by atoms with E-state index in [9.17, 15) is 52.7 Å². The van der Waals surface area contributed by atoms with E-state index in [1.54, 1.807) is 0 Å². The molecule has 0 radical (unpaired) electrons. The summed E-state index contributed by atoms with van der Waals surface area (Å²) in [5.74, 6) is -5.62. The van der Waals surface area contributed by atoms with Crippen LogP contribution < -0.4 is 70.0 Å². The van der Waals surface area contributed by atoms with Crippen molar-refractivity contribution in [1.82, 2.24) is 58.5 Å². The van der Waals surface area contributed by atoms with Crippen LogP contribution in [0.4, 0.5) is 10.5 Å². The van der Waals surface area contributed by atoms with Gasteiger partial charge in [0.2, 0.25) is 53.2 Å². The number of benzene rings is 1. The molecular formula is C41H62N16O11S. The number of primary amides is 1. The number of nitrogens with one attached hydrogen (secondary N) is 11. The number of thioether (sulfide) groups is 1. The maximum absolute atomic E-state index is 13.8. The second-order valence-corrected chi connectivity index (χ2v) is 17.1. The van der Waals surface area contributed by atoms with Crippen LogP contribution >= 0.6 is 11.8 Å². The smallest absolute Gasteiger partial charge is 0.315 e. The second kappa shape index (κ2) is 31.0. The van der Waals surface area contributed by atoms with Gasteiger partial charge in [-0.05, 0) is 69.0 Å². The van der Waals surface area contributed by atoms with Crippen LogP contribution in [0.15, 0.2) is 29.4 Å². The predicted molar refractivity (Wildman–Crippen MR) is 249 cm³/mol. The van der Waals surface area contributed by atoms with Crippen molar-refractivity contribution in [3.8, 4) is 0 Å². The number of azide groups is 1. The summed E-state index contributed by atoms with van der Waals surface area (Å²) in [5.41, 5.74) is 19.6. The Hall–Kier alpha value is -7.19. The van der Waals surface area contributed by atoms with Crippen molar-refractivity contribution in [3.05, 3.63) is 40.3 Å². The number of nitrogens with two attached hydrogens (primary N) is 2. The van der Waals surface area contributed by atoms with Crippen LogP contribution in [0.2, 0.25) is 0 Å². The van der Waals surface area contributed by atoms with Gasteiger partial charge in [0.05, 0.1) is 51.4 Å². The average Bonchev–Trinajstić information content (AvgIpc) is 3.89. The highest BCUT2D eigenvalue weighted by Crippen LogP contribution is 2.33. The summed E-state index contributed by atoms with van der Waals surface area (Å²) in [4.78, 5) is 138. The number of nitrogens with zero attached hydrogens (tertiary/aromatic N) is 3. The minimum atomic E-state index is -1.26. The molecule has 2 heterocycles. The molecular weight excluding hydrogens is 925 g/mol. The lowest BCUT2D eigenvalue weighted by Crippen LogP contribution is -2.55. The Kier molecular flexibility index (Phi) is 25.2. The largest absolute Gasteiger partial charge is 0.368 e. The lowest BCUT2D eigenvalue weighted by Gasteiger charge is -2.23. The number of hydrogen-bond donors (Lipinski definition) is 13. The highest BCUT2D eigenvalue weighted by Gasteiger charge is 2.42. The molecule has 12 amide bonds. The van der Waals surface area contributed by atoms with E-state index in [0.29, 0.717) is 55.1 Å². The lowest BCUT2D eigenvalue weighted by molar-refractivity contribution is -0.133. The Morgan fingerprint density at radius 1 is 0.667 bits per heavy atom. The number of fused-ring (bicyclic) bond motifs is 1. The van der Waals surface area contributed by atoms with Gasteiger partial charge in [-0.3, -0.25) is 47.9 Å². The van der Waals surface area contributed by atoms with Crippen LogP contribution in [-0.2, 0) is 43.2 Å². The zero-order valence-corrected chi connectivity index (χ0v) is 38.8. The molecule has 0 aromatic heterocycles. The Morgan fingerprint density at radius 3 is 1.84 bits per heavy atom. The molecule has 0 spiro atoms. The van der Waals surface area contributed by atoms with Gasteiger partial charge >= 0.3 is 6.03 Å². The summed E-state index contributed by atoms with van der Waals surface area (Å²) in [6.45, 7) is -2.51. The van der Waals surface area contributed by atoms with Crippen LogP contribution in [0, 0.1) is 0 Å². The normalized spacial score (nSPS) is 16.3. The van der Waals surface area contributed by atoms with Crippen molar-refractivity contribution in [2.45, 2.75) is 93.6 Å². The third-order valence-electron chi connectivity index (χ3n) is 10.5. The van der Waals surface area contributed by atoms with Crippen molar-refractivity contribution in [1.29, 1.82) is 0 Å². The van der Waals surface area contributed by atoms with E-state index < -0.39 is 98.0 Å². The summed E-state index contributed by atoms with van der Waals surface area (Å²) in [6.07, 6.45) is 4.17. The molecule has 3 rings (SSSR count). The molecule has 2 fully saturated rings. The molecule has 0 bridgehead atoms. The number of carbonyl (C=O) groups is 11. The fourth-order valence-electron chi connectivity index (χ4n) is 6.90. The quantitative estimate of drug-likeness (QED) is 0.0110. The van der Waals surface area contributed by atoms with E-state index in [0.717, 1.165) is 18.6 Å². The molecule has 28 heteroatoms. The predicted octanol–water partition coefficient (Wildman–Crippen LogP) is -3.46. The first kappa shape index (κ1) is 56.1. The van der Waals surface area contributed by atoms with Crippen LogP contribution in [0.5, 0.6) is 0 Å². The Bertz CT molecular complexity index is 2040. The number of unbranched alkanes of at least 4 members (excludes halogenated alkanes) is 3. The number of carbonyl (C=O) groups excluding carboxylic acids is 11. The lowest BCUT2D eigenvalue weighted by atomic mass is 10.0. The van der Waals surface area contributed by atoms with Crippen molar-refractivity contribution >= 4 is 82.6 Å². The number of amides is 12. The zero-order chi connectivity index (χ0) is 50.6. The SMILES string of the molecule is [N-]=[N+]=Nc1ccc(C(=O)NCCCC[C@H](NC(=O)CNC(=O)CNC(=O)CNC(=O)CNC(=O)CN)C(=O)N[C@@H](CCCCNC(=O)CCCC[C@@H]2SC[C@@H]3NC(=O)N[C@@H]32)C(=O)NCC(N)=O)cc1. The molecule has 2 aliphatic heterocycles. The summed E-state index contributed by atoms with van der Waals surface area (Å²) in [5, 5.41) is 31.8. The maximum atomic E-state index is 13.8. The molecule has 0 aliphatic carbocycles. The van der Waals surface area contributed by atoms with Crippen LogP contribution in [0.25, 0.3) is 10.4 Å². The highest BCUT2D eigenvalue weighted by molar-refractivity contribution is 8.00. The molecule has 5 atom stereocenters. The number of hydrogen-bond acceptors (Lipinski definition) is 14. The molecule has 0 unspecified atom stereocenters. The summed E-state index contributed by atoms with van der Waals surface area (Å²) < 4.78 is 0. The van der Waals surface area contributed by atoms with Gasteiger partial charge in [0.15, 0.2) is 0 Å². The van der Waals surface area contributed by atoms with Crippen molar-refractivity contribution < 1.29 is 52.7 Å². The first-order chi connectivity index (χ1) is 33.1. The van der Waals surface area contributed by atoms with Crippen LogP contribution in [0.1, 0.15) is 74.6 Å². The van der Waals surface area contributed by atoms with Gasteiger partial charge in [-0.2, -0.15) is 11.8 Å². The highest BCUT2D eigenvalue weighted by atomic mass is 32.2. The molecule has 15 N–H and O–H groups in total. The zero-order valence-electron chi connectivity index (χ0n) is 38.0. The topological polar surface area (TPSA) is 421 Å². The van der Waals surface area contributed by atoms with E-state index in [4.69, 9.17) is 17.0 Å². The maximum Gasteiger partial charge on any atom is 0.315 e. The average molecular weight is 987 g/mol. The van der Waals surface area contributed by atoms with Gasteiger partial charge in [0, 0.05) is 46.7 Å². The minimum Gasteiger partial charge on any atom is -0.368 e. The molecule has 2 saturated heterocycles. The van der Waals surface area contributed by atoms with Crippen LogP contribution in [-0.4, -0.2) is 153 Å². The fourth-order valence-corrected chi connectivity index (χ4v) is 8.44. The van der Waals surface area contributed by atoms with Gasteiger partial charge in [-0.25, -0.2) is 4.79 Å². The standard InChI is InChI=1S/C41H62N16O11S/c42-17-32(60)47-19-33(61)48-20-34(62)49-21-35(63)50-22-36(64)52-27(8-4-6-16-46-38(65)24-11-13-25(14-12-24)56-57-44)40(67)53-26(39(66)51-18-30(43)58)7-3-5-15-45-31(59)10-2-1-9-29-37-28(23-69-29)54-41(68)55-37/h11-14,26-29,37H,1-10,15-23,42H2,(H2,43,58)(H,45,59)(H,46,65)(H,47,60)(H,48,61)(H,49,62)(H,50,63)(H,51,66)(H,52,64)(H,53,67)(H2,54,55,68)/t26-,27-,28-,29-,37-/m0/s1. The van der Waals surface area contributed by atoms with Gasteiger partial charge in [0.25, 0.3) is 5.91 Å².